The van der Waals surface area contributed by atoms with Gasteiger partial charge in [-0.1, -0.05) is 0 Å². The first-order valence-electron chi connectivity index (χ1n) is 10.9. The van der Waals surface area contributed by atoms with Crippen LogP contribution in [0, 0.1) is 16.0 Å². The fraction of sp³-hybridized carbons (Fsp3) is 0.429. The van der Waals surface area contributed by atoms with Gasteiger partial charge in [-0.25, -0.2) is 15.0 Å². The van der Waals surface area contributed by atoms with E-state index in [4.69, 9.17) is 15.2 Å². The van der Waals surface area contributed by atoms with Gasteiger partial charge >= 0.3 is 0 Å². The number of fused-ring (bicyclic) bond motifs is 2. The number of piperidine rings is 1. The van der Waals surface area contributed by atoms with Crippen molar-refractivity contribution in [2.24, 2.45) is 5.92 Å². The molecule has 0 unspecified atom stereocenters. The minimum absolute atomic E-state index is 0.0215. The number of nitrogens with two attached hydrogens (primary N) is 1. The van der Waals surface area contributed by atoms with Crippen LogP contribution in [-0.2, 0) is 11.3 Å². The number of amides is 1. The summed E-state index contributed by atoms with van der Waals surface area (Å²) < 4.78 is 12.6. The minimum atomic E-state index is -0.450. The van der Waals surface area contributed by atoms with Crippen molar-refractivity contribution in [3.8, 4) is 11.5 Å². The molecule has 0 bridgehead atoms. The molecule has 1 saturated heterocycles. The smallest absolute Gasteiger partial charge is 0.287 e. The van der Waals surface area contributed by atoms with Crippen LogP contribution >= 0.6 is 11.8 Å². The number of nitrogens with zero attached hydrogens (tertiary/aromatic N) is 6. The van der Waals surface area contributed by atoms with Crippen LogP contribution in [0.2, 0.25) is 0 Å². The summed E-state index contributed by atoms with van der Waals surface area (Å²) in [4.78, 5) is 38.2. The highest BCUT2D eigenvalue weighted by molar-refractivity contribution is 7.99. The summed E-state index contributed by atoms with van der Waals surface area (Å²) in [5.74, 6) is 1.60. The molecular formula is C21H23N7O5S. The van der Waals surface area contributed by atoms with Crippen LogP contribution in [-0.4, -0.2) is 55.1 Å². The van der Waals surface area contributed by atoms with Crippen molar-refractivity contribution >= 4 is 40.3 Å². The fourth-order valence-corrected chi connectivity index (χ4v) is 5.32. The van der Waals surface area contributed by atoms with Crippen LogP contribution in [0.3, 0.4) is 0 Å². The predicted octanol–water partition coefficient (Wildman–Crippen LogP) is 2.85. The van der Waals surface area contributed by atoms with Crippen LogP contribution in [0.1, 0.15) is 26.2 Å². The summed E-state index contributed by atoms with van der Waals surface area (Å²) in [6.45, 7) is 3.74. The summed E-state index contributed by atoms with van der Waals surface area (Å²) in [6.07, 6.45) is 4.11. The Bertz CT molecular complexity index is 1270. The lowest BCUT2D eigenvalue weighted by molar-refractivity contribution is -0.387. The molecule has 3 aromatic rings. The number of rotatable bonds is 6. The lowest BCUT2D eigenvalue weighted by Crippen LogP contribution is -2.37. The zero-order valence-electron chi connectivity index (χ0n) is 18.5. The number of nitro benzene ring substituents is 1. The molecule has 4 heterocycles. The maximum absolute atomic E-state index is 11.7. The third-order valence-corrected chi connectivity index (χ3v) is 7.24. The maximum atomic E-state index is 11.7. The number of aryl methyl sites for hydroxylation is 1. The zero-order valence-corrected chi connectivity index (χ0v) is 19.3. The second-order valence-electron chi connectivity index (χ2n) is 8.25. The molecule has 1 amide bonds. The normalized spacial score (nSPS) is 15.7. The Morgan fingerprint density at radius 2 is 2.00 bits per heavy atom. The van der Waals surface area contributed by atoms with Gasteiger partial charge in [-0.15, -0.1) is 0 Å². The van der Waals surface area contributed by atoms with Gasteiger partial charge in [0, 0.05) is 32.6 Å². The number of nitrogen functional groups attached to an aromatic ring is 1. The monoisotopic (exact) mass is 485 g/mol. The van der Waals surface area contributed by atoms with E-state index >= 15 is 0 Å². The lowest BCUT2D eigenvalue weighted by atomic mass is 9.93. The second-order valence-corrected chi connectivity index (χ2v) is 9.26. The average molecular weight is 486 g/mol. The first kappa shape index (κ1) is 22.2. The molecule has 2 N–H and O–H groups in total. The highest BCUT2D eigenvalue weighted by Crippen LogP contribution is 2.44. The van der Waals surface area contributed by atoms with Gasteiger partial charge < -0.3 is 24.7 Å². The van der Waals surface area contributed by atoms with Gasteiger partial charge in [-0.2, -0.15) is 0 Å². The van der Waals surface area contributed by atoms with Gasteiger partial charge in [0.1, 0.15) is 6.33 Å². The van der Waals surface area contributed by atoms with Gasteiger partial charge in [-0.3, -0.25) is 14.9 Å². The van der Waals surface area contributed by atoms with Crippen LogP contribution < -0.4 is 15.2 Å². The third-order valence-electron chi connectivity index (χ3n) is 6.20. The number of carbonyl (C=O) groups is 1. The highest BCUT2D eigenvalue weighted by atomic mass is 32.2. The van der Waals surface area contributed by atoms with E-state index in [1.165, 1.54) is 12.4 Å². The van der Waals surface area contributed by atoms with Gasteiger partial charge in [0.25, 0.3) is 5.69 Å². The Morgan fingerprint density at radius 3 is 2.71 bits per heavy atom. The maximum Gasteiger partial charge on any atom is 0.287 e. The molecule has 2 aliphatic heterocycles. The number of hydrogen-bond donors (Lipinski definition) is 1. The molecule has 12 nitrogen and oxygen atoms in total. The van der Waals surface area contributed by atoms with E-state index in [-0.39, 0.29) is 24.2 Å². The molecule has 1 fully saturated rings. The number of imidazole rings is 1. The molecule has 0 spiro atoms. The fourth-order valence-electron chi connectivity index (χ4n) is 4.30. The van der Waals surface area contributed by atoms with Crippen molar-refractivity contribution in [2.75, 3.05) is 25.6 Å². The molecule has 2 aliphatic rings. The van der Waals surface area contributed by atoms with Crippen LogP contribution in [0.15, 0.2) is 28.5 Å². The van der Waals surface area contributed by atoms with Crippen molar-refractivity contribution in [3.05, 3.63) is 28.6 Å². The number of aromatic nitrogens is 4. The largest absolute Gasteiger partial charge is 0.454 e. The Kier molecular flexibility index (Phi) is 5.86. The highest BCUT2D eigenvalue weighted by Gasteiger charge is 2.27. The quantitative estimate of drug-likeness (QED) is 0.407. The molecule has 0 saturated carbocycles. The van der Waals surface area contributed by atoms with Gasteiger partial charge in [-0.05, 0) is 36.9 Å². The summed E-state index contributed by atoms with van der Waals surface area (Å²) in [5, 5.41) is 12.3. The Balaban J connectivity index is 1.44. The summed E-state index contributed by atoms with van der Waals surface area (Å²) in [6, 6.07) is 2.97. The van der Waals surface area contributed by atoms with Crippen LogP contribution in [0.25, 0.3) is 11.2 Å². The number of anilines is 1. The topological polar surface area (TPSA) is 152 Å². The van der Waals surface area contributed by atoms with Crippen LogP contribution in [0.5, 0.6) is 11.5 Å². The van der Waals surface area contributed by atoms with E-state index in [0.29, 0.717) is 45.2 Å². The number of nitro groups is 1. The van der Waals surface area contributed by atoms with E-state index in [1.54, 1.807) is 13.0 Å². The van der Waals surface area contributed by atoms with Gasteiger partial charge in [0.15, 0.2) is 33.6 Å². The molecule has 2 aromatic heterocycles. The Labute approximate surface area is 198 Å². The van der Waals surface area contributed by atoms with Crippen molar-refractivity contribution in [2.45, 2.75) is 42.8 Å². The van der Waals surface area contributed by atoms with Crippen molar-refractivity contribution in [1.29, 1.82) is 0 Å². The first-order chi connectivity index (χ1) is 16.4. The molecule has 178 valence electrons. The van der Waals surface area contributed by atoms with Crippen molar-refractivity contribution < 1.29 is 19.2 Å². The number of hydrogen-bond acceptors (Lipinski definition) is 10. The second kappa shape index (κ2) is 8.97. The number of likely N-dealkylation sites (tertiary alicyclic amines) is 1. The van der Waals surface area contributed by atoms with E-state index < -0.39 is 4.92 Å². The number of carbonyl (C=O) groups excluding carboxylic acids is 1. The summed E-state index contributed by atoms with van der Waals surface area (Å²) >= 11 is 1.16. The Morgan fingerprint density at radius 1 is 1.26 bits per heavy atom. The molecule has 0 atom stereocenters. The molecule has 0 aliphatic carbocycles. The van der Waals surface area contributed by atoms with E-state index in [0.717, 1.165) is 44.1 Å². The molecule has 0 radical (unpaired) electrons. The third kappa shape index (κ3) is 4.18. The predicted molar refractivity (Wildman–Crippen MR) is 123 cm³/mol. The zero-order chi connectivity index (χ0) is 23.8. The summed E-state index contributed by atoms with van der Waals surface area (Å²) in [7, 11) is 0. The van der Waals surface area contributed by atoms with Gasteiger partial charge in [0.2, 0.25) is 12.7 Å². The first-order valence-corrected chi connectivity index (χ1v) is 11.7. The molecule has 13 heteroatoms. The Hall–Kier alpha value is -3.61. The number of benzene rings is 1. The standard InChI is InChI=1S/C21H23N7O5S/c1-12(29)26-5-2-13(3-6-26)4-7-27-20-18(19(22)23-10-24-20)25-21(27)34-17-9-16-15(32-11-33-16)8-14(17)28(30)31/h8-10,13H,2-7,11H2,1H3,(H2,22,23,24). The number of ether oxygens (including phenoxy) is 2. The van der Waals surface area contributed by atoms with Crippen molar-refractivity contribution in [3.63, 3.8) is 0 Å². The van der Waals surface area contributed by atoms with E-state index in [9.17, 15) is 14.9 Å². The lowest BCUT2D eigenvalue weighted by Gasteiger charge is -2.31. The van der Waals surface area contributed by atoms with Crippen molar-refractivity contribution in [1.82, 2.24) is 24.4 Å². The van der Waals surface area contributed by atoms with Crippen LogP contribution in [0.4, 0.5) is 11.5 Å². The average Bonchev–Trinajstić information content (AvgIpc) is 3.42. The van der Waals surface area contributed by atoms with Gasteiger partial charge in [0.05, 0.1) is 15.9 Å². The van der Waals surface area contributed by atoms with E-state index in [2.05, 4.69) is 15.0 Å². The molecule has 34 heavy (non-hydrogen) atoms. The SMILES string of the molecule is CC(=O)N1CCC(CCn2c(Sc3cc4c(cc3[N+](=O)[O-])OCO4)nc3c(N)ncnc32)CC1. The molecule has 1 aromatic carbocycles. The van der Waals surface area contributed by atoms with E-state index in [1.807, 2.05) is 9.47 Å². The molecular weight excluding hydrogens is 462 g/mol. The molecule has 5 rings (SSSR count). The minimum Gasteiger partial charge on any atom is -0.454 e. The summed E-state index contributed by atoms with van der Waals surface area (Å²) in [5.41, 5.74) is 6.99.